The number of rotatable bonds is 9. The highest BCUT2D eigenvalue weighted by Gasteiger charge is 2.50. The summed E-state index contributed by atoms with van der Waals surface area (Å²) in [6.07, 6.45) is -0.540. The quantitative estimate of drug-likeness (QED) is 0.309. The molecule has 0 spiro atoms. The maximum Gasteiger partial charge on any atom is 0.411 e. The van der Waals surface area contributed by atoms with E-state index in [1.165, 1.54) is 18.9 Å². The third-order valence-corrected chi connectivity index (χ3v) is 4.95. The number of esters is 1. The van der Waals surface area contributed by atoms with Crippen molar-refractivity contribution in [3.05, 3.63) is 0 Å². The van der Waals surface area contributed by atoms with Crippen LogP contribution in [0.5, 0.6) is 0 Å². The van der Waals surface area contributed by atoms with Gasteiger partial charge in [-0.3, -0.25) is 9.69 Å². The molecule has 0 bridgehead atoms. The monoisotopic (exact) mass is 472 g/mol. The van der Waals surface area contributed by atoms with Crippen molar-refractivity contribution in [2.45, 2.75) is 110 Å². The third-order valence-electron chi connectivity index (χ3n) is 4.95. The van der Waals surface area contributed by atoms with Gasteiger partial charge in [0.05, 0.1) is 6.10 Å². The maximum absolute atomic E-state index is 13.2. The van der Waals surface area contributed by atoms with E-state index in [0.717, 1.165) is 6.29 Å². The standard InChI is InChI=1S/C23H40N2O8/c1-10-16(31-20(30-9)24-14(2)27)12-17-15(13-26)11-18(19(28)32-22(3,4)5)25(17)21(29)33-23(6,7)8/h13,15-18,20H,10-12H2,1-9H3,(H,24,27)/t15-,16+,17+,18?,20?/m0/s1. The molecule has 1 rings (SSSR count). The summed E-state index contributed by atoms with van der Waals surface area (Å²) >= 11 is 0. The van der Waals surface area contributed by atoms with Crippen molar-refractivity contribution in [3.8, 4) is 0 Å². The average Bonchev–Trinajstić information content (AvgIpc) is 3.02. The van der Waals surface area contributed by atoms with Crippen LogP contribution in [-0.4, -0.2) is 72.1 Å². The summed E-state index contributed by atoms with van der Waals surface area (Å²) < 4.78 is 22.1. The van der Waals surface area contributed by atoms with E-state index in [-0.39, 0.29) is 18.7 Å². The van der Waals surface area contributed by atoms with Crippen molar-refractivity contribution in [3.63, 3.8) is 0 Å². The van der Waals surface area contributed by atoms with Gasteiger partial charge in [0.25, 0.3) is 0 Å². The smallest absolute Gasteiger partial charge is 0.411 e. The molecule has 10 nitrogen and oxygen atoms in total. The van der Waals surface area contributed by atoms with Crippen LogP contribution in [0.3, 0.4) is 0 Å². The van der Waals surface area contributed by atoms with Crippen LogP contribution in [0.25, 0.3) is 0 Å². The van der Waals surface area contributed by atoms with Crippen molar-refractivity contribution in [1.82, 2.24) is 10.2 Å². The molecular formula is C23H40N2O8. The van der Waals surface area contributed by atoms with Gasteiger partial charge in [-0.05, 0) is 60.8 Å². The second kappa shape index (κ2) is 11.8. The molecule has 0 radical (unpaired) electrons. The lowest BCUT2D eigenvalue weighted by Gasteiger charge is -2.35. The molecule has 1 aliphatic rings. The van der Waals surface area contributed by atoms with Crippen LogP contribution < -0.4 is 5.32 Å². The molecule has 0 aliphatic carbocycles. The van der Waals surface area contributed by atoms with Crippen LogP contribution in [0.1, 0.15) is 74.7 Å². The molecular weight excluding hydrogens is 432 g/mol. The van der Waals surface area contributed by atoms with Gasteiger partial charge < -0.3 is 29.1 Å². The van der Waals surface area contributed by atoms with E-state index in [9.17, 15) is 19.2 Å². The van der Waals surface area contributed by atoms with Crippen LogP contribution in [0.2, 0.25) is 0 Å². The summed E-state index contributed by atoms with van der Waals surface area (Å²) in [4.78, 5) is 50.8. The van der Waals surface area contributed by atoms with Crippen LogP contribution in [-0.2, 0) is 33.3 Å². The molecule has 1 aliphatic heterocycles. The van der Waals surface area contributed by atoms with E-state index >= 15 is 0 Å². The Labute approximate surface area is 196 Å². The fourth-order valence-corrected chi connectivity index (χ4v) is 3.63. The van der Waals surface area contributed by atoms with Crippen LogP contribution in [0.4, 0.5) is 4.79 Å². The Hall–Kier alpha value is -2.20. The maximum atomic E-state index is 13.2. The highest BCUT2D eigenvalue weighted by Crippen LogP contribution is 2.35. The first kappa shape index (κ1) is 28.8. The van der Waals surface area contributed by atoms with E-state index in [1.54, 1.807) is 41.5 Å². The summed E-state index contributed by atoms with van der Waals surface area (Å²) in [5.74, 6) is -1.54. The van der Waals surface area contributed by atoms with Gasteiger partial charge in [0.2, 0.25) is 12.3 Å². The summed E-state index contributed by atoms with van der Waals surface area (Å²) in [7, 11) is 1.39. The number of hydrogen-bond acceptors (Lipinski definition) is 8. The fraction of sp³-hybridized carbons (Fsp3) is 0.826. The molecule has 1 saturated heterocycles. The van der Waals surface area contributed by atoms with Crippen molar-refractivity contribution < 1.29 is 38.1 Å². The van der Waals surface area contributed by atoms with Gasteiger partial charge in [0, 0.05) is 26.0 Å². The average molecular weight is 473 g/mol. The lowest BCUT2D eigenvalue weighted by atomic mass is 9.95. The summed E-state index contributed by atoms with van der Waals surface area (Å²) in [5.41, 5.74) is -1.56. The first-order valence-corrected chi connectivity index (χ1v) is 11.3. The largest absolute Gasteiger partial charge is 0.458 e. The van der Waals surface area contributed by atoms with Gasteiger partial charge in [-0.15, -0.1) is 0 Å². The van der Waals surface area contributed by atoms with Gasteiger partial charge in [0.15, 0.2) is 0 Å². The van der Waals surface area contributed by atoms with E-state index in [4.69, 9.17) is 18.9 Å². The molecule has 1 fully saturated rings. The Morgan fingerprint density at radius 1 is 1.09 bits per heavy atom. The van der Waals surface area contributed by atoms with E-state index in [1.807, 2.05) is 6.92 Å². The van der Waals surface area contributed by atoms with Crippen molar-refractivity contribution in [2.24, 2.45) is 5.92 Å². The molecule has 5 atom stereocenters. The molecule has 2 amide bonds. The predicted octanol–water partition coefficient (Wildman–Crippen LogP) is 2.77. The van der Waals surface area contributed by atoms with Gasteiger partial charge >= 0.3 is 12.1 Å². The van der Waals surface area contributed by atoms with Crippen molar-refractivity contribution in [1.29, 1.82) is 0 Å². The highest BCUT2D eigenvalue weighted by molar-refractivity contribution is 5.84. The molecule has 0 aromatic heterocycles. The molecule has 190 valence electrons. The minimum Gasteiger partial charge on any atom is -0.458 e. The number of ether oxygens (including phenoxy) is 4. The molecule has 1 heterocycles. The second-order valence-corrected chi connectivity index (χ2v) is 10.2. The summed E-state index contributed by atoms with van der Waals surface area (Å²) in [6.45, 7) is 13.6. The van der Waals surface area contributed by atoms with Gasteiger partial charge in [-0.1, -0.05) is 6.92 Å². The minimum absolute atomic E-state index is 0.123. The highest BCUT2D eigenvalue weighted by atomic mass is 16.7. The van der Waals surface area contributed by atoms with Crippen LogP contribution in [0, 0.1) is 5.92 Å². The first-order chi connectivity index (χ1) is 15.1. The molecule has 1 N–H and O–H groups in total. The van der Waals surface area contributed by atoms with E-state index < -0.39 is 53.8 Å². The number of methoxy groups -OCH3 is 1. The van der Waals surface area contributed by atoms with Crippen molar-refractivity contribution >= 4 is 24.3 Å². The number of hydrogen-bond donors (Lipinski definition) is 1. The molecule has 0 aromatic rings. The zero-order valence-corrected chi connectivity index (χ0v) is 21.3. The number of carbonyl (C=O) groups excluding carboxylic acids is 4. The molecule has 33 heavy (non-hydrogen) atoms. The third kappa shape index (κ3) is 9.29. The number of likely N-dealkylation sites (tertiary alicyclic amines) is 1. The van der Waals surface area contributed by atoms with Gasteiger partial charge in [0.1, 0.15) is 23.5 Å². The Kier molecular flexibility index (Phi) is 10.3. The molecule has 0 aromatic carbocycles. The Bertz CT molecular complexity index is 698. The van der Waals surface area contributed by atoms with Crippen LogP contribution >= 0.6 is 0 Å². The van der Waals surface area contributed by atoms with E-state index in [0.29, 0.717) is 6.42 Å². The number of carbonyl (C=O) groups is 4. The Morgan fingerprint density at radius 3 is 2.09 bits per heavy atom. The number of nitrogens with zero attached hydrogens (tertiary/aromatic N) is 1. The summed E-state index contributed by atoms with van der Waals surface area (Å²) in [6, 6.07) is -1.62. The fourth-order valence-electron chi connectivity index (χ4n) is 3.63. The lowest BCUT2D eigenvalue weighted by Crippen LogP contribution is -2.50. The number of amides is 2. The molecule has 2 unspecified atom stereocenters. The SMILES string of the molecule is CC[C@H](C[C@@H]1[C@H](C=O)CC(C(=O)OC(C)(C)C)N1C(=O)OC(C)(C)C)OC(NC(C)=O)OC. The lowest BCUT2D eigenvalue weighted by molar-refractivity contribution is -0.182. The molecule has 10 heteroatoms. The zero-order valence-electron chi connectivity index (χ0n) is 21.3. The Balaban J connectivity index is 3.24. The minimum atomic E-state index is -0.986. The summed E-state index contributed by atoms with van der Waals surface area (Å²) in [5, 5.41) is 2.53. The number of aldehydes is 1. The second-order valence-electron chi connectivity index (χ2n) is 10.2. The van der Waals surface area contributed by atoms with Gasteiger partial charge in [-0.25, -0.2) is 9.59 Å². The molecule has 0 saturated carbocycles. The number of nitrogens with one attached hydrogen (secondary N) is 1. The normalized spacial score (nSPS) is 22.9. The predicted molar refractivity (Wildman–Crippen MR) is 120 cm³/mol. The topological polar surface area (TPSA) is 120 Å². The van der Waals surface area contributed by atoms with E-state index in [2.05, 4.69) is 5.32 Å². The van der Waals surface area contributed by atoms with Crippen LogP contribution in [0.15, 0.2) is 0 Å². The zero-order chi connectivity index (χ0) is 25.6. The van der Waals surface area contributed by atoms with Crippen molar-refractivity contribution in [2.75, 3.05) is 7.11 Å². The van der Waals surface area contributed by atoms with Gasteiger partial charge in [-0.2, -0.15) is 0 Å². The Morgan fingerprint density at radius 2 is 1.67 bits per heavy atom. The first-order valence-electron chi connectivity index (χ1n) is 11.3.